The molecule has 5 nitrogen and oxygen atoms in total. The lowest BCUT2D eigenvalue weighted by Crippen LogP contribution is -2.45. The molecule has 1 heterocycles. The summed E-state index contributed by atoms with van der Waals surface area (Å²) < 4.78 is 27.5. The zero-order valence-corrected chi connectivity index (χ0v) is 14.8. The fourth-order valence-electron chi connectivity index (χ4n) is 3.02. The predicted molar refractivity (Wildman–Crippen MR) is 89.8 cm³/mol. The van der Waals surface area contributed by atoms with Crippen LogP contribution in [0.2, 0.25) is 0 Å². The van der Waals surface area contributed by atoms with Gasteiger partial charge in [-0.2, -0.15) is 0 Å². The van der Waals surface area contributed by atoms with E-state index in [0.717, 1.165) is 18.4 Å². The molecule has 7 heteroatoms. The molecule has 1 aliphatic heterocycles. The molecule has 0 N–H and O–H groups in total. The lowest BCUT2D eigenvalue weighted by molar-refractivity contribution is 0.0672. The molecule has 1 fully saturated rings. The van der Waals surface area contributed by atoms with Gasteiger partial charge >= 0.3 is 6.09 Å². The van der Waals surface area contributed by atoms with Gasteiger partial charge in [0.25, 0.3) is 0 Å². The molecular weight excluding hydrogens is 338 g/mol. The Bertz CT molecular complexity index is 635. The number of hydrogen-bond donors (Lipinski definition) is 0. The molecule has 1 amide bonds. The van der Waals surface area contributed by atoms with Crippen molar-refractivity contribution in [2.45, 2.75) is 44.8 Å². The molecule has 0 saturated carbocycles. The summed E-state index contributed by atoms with van der Waals surface area (Å²) in [5.74, 6) is -0.0724. The Labute approximate surface area is 142 Å². The van der Waals surface area contributed by atoms with Crippen LogP contribution < -0.4 is 0 Å². The van der Waals surface area contributed by atoms with Crippen LogP contribution in [0.15, 0.2) is 30.3 Å². The minimum Gasteiger partial charge on any atom is -0.445 e. The van der Waals surface area contributed by atoms with Gasteiger partial charge in [0.15, 0.2) is 0 Å². The highest BCUT2D eigenvalue weighted by Crippen LogP contribution is 2.34. The van der Waals surface area contributed by atoms with Crippen molar-refractivity contribution in [3.8, 4) is 0 Å². The zero-order valence-electron chi connectivity index (χ0n) is 13.2. The van der Waals surface area contributed by atoms with E-state index < -0.39 is 9.05 Å². The van der Waals surface area contributed by atoms with E-state index in [2.05, 4.69) is 0 Å². The lowest BCUT2D eigenvalue weighted by Gasteiger charge is -2.34. The third-order valence-corrected chi connectivity index (χ3v) is 5.52. The number of amides is 1. The number of likely N-dealkylation sites (tertiary alicyclic amines) is 1. The van der Waals surface area contributed by atoms with E-state index in [9.17, 15) is 13.2 Å². The molecule has 0 spiro atoms. The Morgan fingerprint density at radius 3 is 2.70 bits per heavy atom. The highest BCUT2D eigenvalue weighted by Gasteiger charge is 2.40. The molecule has 1 aliphatic rings. The van der Waals surface area contributed by atoms with E-state index in [1.165, 1.54) is 0 Å². The summed E-state index contributed by atoms with van der Waals surface area (Å²) >= 11 is 0. The minimum absolute atomic E-state index is 0.0724. The fraction of sp³-hybridized carbons (Fsp3) is 0.562. The van der Waals surface area contributed by atoms with Crippen molar-refractivity contribution in [1.82, 2.24) is 4.90 Å². The maximum atomic E-state index is 12.4. The molecule has 0 bridgehead atoms. The quantitative estimate of drug-likeness (QED) is 0.729. The first kappa shape index (κ1) is 18.1. The maximum absolute atomic E-state index is 12.4. The first-order valence-electron chi connectivity index (χ1n) is 7.71. The highest BCUT2D eigenvalue weighted by atomic mass is 35.7. The summed E-state index contributed by atoms with van der Waals surface area (Å²) in [5, 5.41) is 0. The number of nitrogens with zero attached hydrogens (tertiary/aromatic N) is 1. The summed E-state index contributed by atoms with van der Waals surface area (Å²) in [5.41, 5.74) is 0.574. The third-order valence-electron chi connectivity index (χ3n) is 4.28. The topological polar surface area (TPSA) is 63.7 Å². The minimum atomic E-state index is -3.49. The number of carbonyl (C=O) groups is 1. The van der Waals surface area contributed by atoms with Gasteiger partial charge in [-0.25, -0.2) is 13.2 Å². The van der Waals surface area contributed by atoms with Gasteiger partial charge < -0.3 is 9.64 Å². The summed E-state index contributed by atoms with van der Waals surface area (Å²) in [6.07, 6.45) is 2.42. The Balaban J connectivity index is 1.90. The van der Waals surface area contributed by atoms with Crippen molar-refractivity contribution < 1.29 is 17.9 Å². The number of carbonyl (C=O) groups excluding carboxylic acids is 1. The van der Waals surface area contributed by atoms with Crippen LogP contribution in [0.3, 0.4) is 0 Å². The number of benzene rings is 1. The molecule has 0 aliphatic carbocycles. The van der Waals surface area contributed by atoms with Crippen LogP contribution in [0, 0.1) is 0 Å². The van der Waals surface area contributed by atoms with E-state index in [1.54, 1.807) is 4.90 Å². The second kappa shape index (κ2) is 7.53. The monoisotopic (exact) mass is 359 g/mol. The molecule has 1 aromatic rings. The Morgan fingerprint density at radius 2 is 2.04 bits per heavy atom. The van der Waals surface area contributed by atoms with Gasteiger partial charge in [0.1, 0.15) is 6.61 Å². The van der Waals surface area contributed by atoms with Crippen molar-refractivity contribution in [3.05, 3.63) is 35.9 Å². The van der Waals surface area contributed by atoms with Crippen molar-refractivity contribution in [2.75, 3.05) is 12.3 Å². The molecule has 1 unspecified atom stereocenters. The standard InChI is InChI=1S/C16H22ClNO4S/c1-16(10-6-12-23(17,20)21)9-5-11-18(16)15(19)22-13-14-7-3-2-4-8-14/h2-4,7-8H,5-6,9-13H2,1H3. The fourth-order valence-corrected chi connectivity index (χ4v) is 3.83. The van der Waals surface area contributed by atoms with Crippen LogP contribution in [-0.4, -0.2) is 37.2 Å². The van der Waals surface area contributed by atoms with Gasteiger partial charge in [-0.1, -0.05) is 30.3 Å². The molecule has 1 saturated heterocycles. The van der Waals surface area contributed by atoms with E-state index in [1.807, 2.05) is 37.3 Å². The Kier molecular flexibility index (Phi) is 5.92. The molecule has 1 atom stereocenters. The molecule has 2 rings (SSSR count). The van der Waals surface area contributed by atoms with Crippen LogP contribution in [-0.2, 0) is 20.4 Å². The molecule has 23 heavy (non-hydrogen) atoms. The molecule has 0 aromatic heterocycles. The van der Waals surface area contributed by atoms with Crippen LogP contribution in [0.1, 0.15) is 38.2 Å². The number of hydrogen-bond acceptors (Lipinski definition) is 4. The second-order valence-electron chi connectivity index (χ2n) is 6.14. The largest absolute Gasteiger partial charge is 0.445 e. The lowest BCUT2D eigenvalue weighted by atomic mass is 9.93. The normalized spacial score (nSPS) is 21.4. The van der Waals surface area contributed by atoms with Gasteiger partial charge in [-0.3, -0.25) is 0 Å². The second-order valence-corrected chi connectivity index (χ2v) is 9.04. The van der Waals surface area contributed by atoms with Gasteiger partial charge in [0.05, 0.1) is 5.75 Å². The Morgan fingerprint density at radius 1 is 1.35 bits per heavy atom. The molecule has 1 aromatic carbocycles. The summed E-state index contributed by atoms with van der Waals surface area (Å²) in [6, 6.07) is 9.52. The van der Waals surface area contributed by atoms with Crippen molar-refractivity contribution >= 4 is 25.8 Å². The number of rotatable bonds is 6. The van der Waals surface area contributed by atoms with Gasteiger partial charge in [0.2, 0.25) is 9.05 Å². The third kappa shape index (κ3) is 5.39. The van der Waals surface area contributed by atoms with Gasteiger partial charge in [-0.05, 0) is 38.2 Å². The molecular formula is C16H22ClNO4S. The van der Waals surface area contributed by atoms with E-state index in [-0.39, 0.29) is 24.0 Å². The van der Waals surface area contributed by atoms with Crippen LogP contribution in [0.25, 0.3) is 0 Å². The zero-order chi connectivity index (χ0) is 16.9. The average Bonchev–Trinajstić information content (AvgIpc) is 2.86. The van der Waals surface area contributed by atoms with Crippen molar-refractivity contribution in [1.29, 1.82) is 0 Å². The number of halogens is 1. The van der Waals surface area contributed by atoms with Gasteiger partial charge in [0, 0.05) is 22.8 Å². The average molecular weight is 360 g/mol. The summed E-state index contributed by atoms with van der Waals surface area (Å²) in [4.78, 5) is 14.1. The summed E-state index contributed by atoms with van der Waals surface area (Å²) in [6.45, 7) is 2.85. The van der Waals surface area contributed by atoms with Crippen LogP contribution >= 0.6 is 10.7 Å². The SMILES string of the molecule is CC1(CCCS(=O)(=O)Cl)CCCN1C(=O)OCc1ccccc1. The van der Waals surface area contributed by atoms with Crippen LogP contribution in [0.4, 0.5) is 4.79 Å². The van der Waals surface area contributed by atoms with E-state index in [4.69, 9.17) is 15.4 Å². The number of ether oxygens (including phenoxy) is 1. The first-order chi connectivity index (χ1) is 10.8. The smallest absolute Gasteiger partial charge is 0.410 e. The van der Waals surface area contributed by atoms with E-state index >= 15 is 0 Å². The highest BCUT2D eigenvalue weighted by molar-refractivity contribution is 8.13. The van der Waals surface area contributed by atoms with Crippen molar-refractivity contribution in [3.63, 3.8) is 0 Å². The van der Waals surface area contributed by atoms with Crippen LogP contribution in [0.5, 0.6) is 0 Å². The predicted octanol–water partition coefficient (Wildman–Crippen LogP) is 3.53. The summed E-state index contributed by atoms with van der Waals surface area (Å²) in [7, 11) is 1.76. The molecule has 128 valence electrons. The first-order valence-corrected chi connectivity index (χ1v) is 10.2. The van der Waals surface area contributed by atoms with E-state index in [0.29, 0.717) is 19.4 Å². The molecule has 0 radical (unpaired) electrons. The van der Waals surface area contributed by atoms with Crippen molar-refractivity contribution in [2.24, 2.45) is 0 Å². The van der Waals surface area contributed by atoms with Gasteiger partial charge in [-0.15, -0.1) is 0 Å². The Hall–Kier alpha value is -1.27. The maximum Gasteiger partial charge on any atom is 0.410 e.